The molecule has 0 aromatic rings. The van der Waals surface area contributed by atoms with Gasteiger partial charge in [-0.2, -0.15) is 0 Å². The molecule has 4 N–H and O–H groups in total. The van der Waals surface area contributed by atoms with Crippen molar-refractivity contribution in [3.05, 3.63) is 0 Å². The summed E-state index contributed by atoms with van der Waals surface area (Å²) in [5.41, 5.74) is 0. The normalized spacial score (nSPS) is 26.4. The summed E-state index contributed by atoms with van der Waals surface area (Å²) in [5.74, 6) is 0. The van der Waals surface area contributed by atoms with Gasteiger partial charge in [0, 0.05) is 13.2 Å². The monoisotopic (exact) mass is 446 g/mol. The van der Waals surface area contributed by atoms with E-state index < -0.39 is 30.5 Å². The Balaban J connectivity index is 1.84. The number of ether oxygens (including phenoxy) is 2. The van der Waals surface area contributed by atoms with Crippen LogP contribution in [-0.2, 0) is 9.47 Å². The molecule has 5 atom stereocenters. The average molecular weight is 447 g/mol. The van der Waals surface area contributed by atoms with E-state index in [1.807, 2.05) is 0 Å². The van der Waals surface area contributed by atoms with E-state index in [4.69, 9.17) is 9.47 Å². The molecule has 1 unspecified atom stereocenters. The SMILES string of the molecule is CCCCCCCCCCCCCCCCOCCCC1O[C@H](CO)[C@H](O)[C@H](O)[C@H]1O. The maximum Gasteiger partial charge on any atom is 0.111 e. The third kappa shape index (κ3) is 13.2. The van der Waals surface area contributed by atoms with Crippen LogP contribution in [0.5, 0.6) is 0 Å². The van der Waals surface area contributed by atoms with E-state index in [-0.39, 0.29) is 6.61 Å². The zero-order valence-corrected chi connectivity index (χ0v) is 19.9. The average Bonchev–Trinajstić information content (AvgIpc) is 2.78. The predicted octanol–water partition coefficient (Wildman–Crippen LogP) is 4.11. The van der Waals surface area contributed by atoms with E-state index in [2.05, 4.69) is 6.92 Å². The summed E-state index contributed by atoms with van der Waals surface area (Å²) in [5, 5.41) is 38.8. The first kappa shape index (κ1) is 28.8. The van der Waals surface area contributed by atoms with Crippen LogP contribution < -0.4 is 0 Å². The van der Waals surface area contributed by atoms with Crippen LogP contribution >= 0.6 is 0 Å². The van der Waals surface area contributed by atoms with E-state index in [1.54, 1.807) is 0 Å². The topological polar surface area (TPSA) is 99.4 Å². The second-order valence-corrected chi connectivity index (χ2v) is 9.22. The predicted molar refractivity (Wildman–Crippen MR) is 124 cm³/mol. The zero-order chi connectivity index (χ0) is 22.7. The maximum atomic E-state index is 10.0. The summed E-state index contributed by atoms with van der Waals surface area (Å²) in [6, 6.07) is 0. The van der Waals surface area contributed by atoms with Crippen molar-refractivity contribution in [3.8, 4) is 0 Å². The fraction of sp³-hybridized carbons (Fsp3) is 1.00. The first-order chi connectivity index (χ1) is 15.1. The van der Waals surface area contributed by atoms with Crippen LogP contribution in [0.15, 0.2) is 0 Å². The van der Waals surface area contributed by atoms with Gasteiger partial charge >= 0.3 is 0 Å². The summed E-state index contributed by atoms with van der Waals surface area (Å²) in [7, 11) is 0. The van der Waals surface area contributed by atoms with Crippen LogP contribution in [0.3, 0.4) is 0 Å². The summed E-state index contributed by atoms with van der Waals surface area (Å²) < 4.78 is 11.2. The number of rotatable bonds is 20. The van der Waals surface area contributed by atoms with Gasteiger partial charge in [0.15, 0.2) is 0 Å². The van der Waals surface area contributed by atoms with Crippen molar-refractivity contribution in [1.82, 2.24) is 0 Å². The number of hydrogen-bond donors (Lipinski definition) is 4. The first-order valence-corrected chi connectivity index (χ1v) is 13.0. The van der Waals surface area contributed by atoms with Gasteiger partial charge < -0.3 is 29.9 Å². The Kier molecular flexibility index (Phi) is 17.9. The molecule has 0 aromatic carbocycles. The molecule has 0 aliphatic carbocycles. The molecule has 6 nitrogen and oxygen atoms in total. The van der Waals surface area contributed by atoms with Crippen LogP contribution in [0.1, 0.15) is 110 Å². The molecule has 1 aliphatic heterocycles. The largest absolute Gasteiger partial charge is 0.394 e. The Morgan fingerprint density at radius 3 is 1.55 bits per heavy atom. The van der Waals surface area contributed by atoms with Gasteiger partial charge in [0.25, 0.3) is 0 Å². The number of aliphatic hydroxyl groups excluding tert-OH is 4. The maximum absolute atomic E-state index is 10.0. The molecule has 0 spiro atoms. The van der Waals surface area contributed by atoms with Gasteiger partial charge in [0.2, 0.25) is 0 Å². The summed E-state index contributed by atoms with van der Waals surface area (Å²) in [6.07, 6.45) is 15.0. The zero-order valence-electron chi connectivity index (χ0n) is 19.9. The standard InChI is InChI=1S/C25H50O6/c1-2-3-4-5-6-7-8-9-10-11-12-13-14-15-18-30-19-16-17-21-23(27)25(29)24(28)22(20-26)31-21/h21-29H,2-20H2,1H3/t21?,22-,23+,24+,25-/m1/s1. The van der Waals surface area contributed by atoms with Gasteiger partial charge in [0.05, 0.1) is 12.7 Å². The molecular weight excluding hydrogens is 396 g/mol. The second kappa shape index (κ2) is 19.2. The lowest BCUT2D eigenvalue weighted by atomic mass is 9.93. The second-order valence-electron chi connectivity index (χ2n) is 9.22. The van der Waals surface area contributed by atoms with Gasteiger partial charge in [-0.15, -0.1) is 0 Å². The quantitative estimate of drug-likeness (QED) is 0.210. The lowest BCUT2D eigenvalue weighted by Crippen LogP contribution is -2.58. The fourth-order valence-electron chi connectivity index (χ4n) is 4.30. The fourth-order valence-corrected chi connectivity index (χ4v) is 4.30. The van der Waals surface area contributed by atoms with Gasteiger partial charge in [-0.05, 0) is 19.3 Å². The molecule has 1 fully saturated rings. The van der Waals surface area contributed by atoms with E-state index in [0.29, 0.717) is 19.4 Å². The molecule has 1 heterocycles. The highest BCUT2D eigenvalue weighted by molar-refractivity contribution is 4.91. The Hall–Kier alpha value is -0.240. The Morgan fingerprint density at radius 2 is 1.03 bits per heavy atom. The lowest BCUT2D eigenvalue weighted by molar-refractivity contribution is -0.230. The molecule has 0 saturated carbocycles. The van der Waals surface area contributed by atoms with Crippen LogP contribution in [0.25, 0.3) is 0 Å². The van der Waals surface area contributed by atoms with E-state index >= 15 is 0 Å². The van der Waals surface area contributed by atoms with Gasteiger partial charge in [-0.3, -0.25) is 0 Å². The van der Waals surface area contributed by atoms with E-state index in [9.17, 15) is 20.4 Å². The molecule has 6 heteroatoms. The van der Waals surface area contributed by atoms with Crippen LogP contribution in [0.4, 0.5) is 0 Å². The minimum atomic E-state index is -1.28. The minimum Gasteiger partial charge on any atom is -0.394 e. The molecule has 1 rings (SSSR count). The van der Waals surface area contributed by atoms with Gasteiger partial charge in [-0.1, -0.05) is 90.4 Å². The first-order valence-electron chi connectivity index (χ1n) is 13.0. The number of aliphatic hydroxyl groups is 4. The van der Waals surface area contributed by atoms with Crippen molar-refractivity contribution in [2.45, 2.75) is 140 Å². The highest BCUT2D eigenvalue weighted by Crippen LogP contribution is 2.24. The summed E-state index contributed by atoms with van der Waals surface area (Å²) in [4.78, 5) is 0. The molecular formula is C25H50O6. The molecule has 0 bridgehead atoms. The van der Waals surface area contributed by atoms with Crippen molar-refractivity contribution in [2.24, 2.45) is 0 Å². The molecule has 0 aromatic heterocycles. The van der Waals surface area contributed by atoms with Gasteiger partial charge in [-0.25, -0.2) is 0 Å². The molecule has 31 heavy (non-hydrogen) atoms. The van der Waals surface area contributed by atoms with Crippen molar-refractivity contribution in [2.75, 3.05) is 19.8 Å². The van der Waals surface area contributed by atoms with Crippen LogP contribution in [-0.4, -0.2) is 70.8 Å². The Bertz CT molecular complexity index is 392. The van der Waals surface area contributed by atoms with Gasteiger partial charge in [0.1, 0.15) is 24.4 Å². The van der Waals surface area contributed by atoms with Crippen molar-refractivity contribution in [3.63, 3.8) is 0 Å². The lowest BCUT2D eigenvalue weighted by Gasteiger charge is -2.40. The molecule has 0 amide bonds. The third-order valence-corrected chi connectivity index (χ3v) is 6.41. The number of unbranched alkanes of at least 4 members (excludes halogenated alkanes) is 13. The summed E-state index contributed by atoms with van der Waals surface area (Å²) in [6.45, 7) is 3.24. The highest BCUT2D eigenvalue weighted by Gasteiger charge is 2.42. The Morgan fingerprint density at radius 1 is 0.581 bits per heavy atom. The third-order valence-electron chi connectivity index (χ3n) is 6.41. The highest BCUT2D eigenvalue weighted by atomic mass is 16.5. The Labute approximate surface area is 190 Å². The molecule has 186 valence electrons. The van der Waals surface area contributed by atoms with Crippen LogP contribution in [0.2, 0.25) is 0 Å². The summed E-state index contributed by atoms with van der Waals surface area (Å²) >= 11 is 0. The van der Waals surface area contributed by atoms with Crippen LogP contribution in [0, 0.1) is 0 Å². The van der Waals surface area contributed by atoms with E-state index in [0.717, 1.165) is 13.0 Å². The molecule has 1 saturated heterocycles. The van der Waals surface area contributed by atoms with Crippen molar-refractivity contribution >= 4 is 0 Å². The minimum absolute atomic E-state index is 0.378. The molecule has 0 radical (unpaired) electrons. The number of hydrogen-bond acceptors (Lipinski definition) is 6. The van der Waals surface area contributed by atoms with Crippen molar-refractivity contribution in [1.29, 1.82) is 0 Å². The van der Waals surface area contributed by atoms with Crippen molar-refractivity contribution < 1.29 is 29.9 Å². The molecule has 1 aliphatic rings. The smallest absolute Gasteiger partial charge is 0.111 e. The van der Waals surface area contributed by atoms with E-state index in [1.165, 1.54) is 83.5 Å².